The number of Topliss-reactive ketones (excluding diaryl/α,β-unsaturated/α-hetero) is 1. The van der Waals surface area contributed by atoms with Crippen LogP contribution in [0.5, 0.6) is 5.75 Å². The summed E-state index contributed by atoms with van der Waals surface area (Å²) >= 11 is 9.19. The van der Waals surface area contributed by atoms with Crippen LogP contribution < -0.4 is 4.74 Å². The number of para-hydroxylation sites is 1. The van der Waals surface area contributed by atoms with Crippen molar-refractivity contribution in [3.05, 3.63) is 29.3 Å². The molecule has 0 aliphatic carbocycles. The number of ketones is 1. The number of hydrogen-bond donors (Lipinski definition) is 0. The van der Waals surface area contributed by atoms with E-state index in [9.17, 15) is 4.79 Å². The molecular weight excluding hydrogens is 291 g/mol. The normalized spacial score (nSPS) is 12.2. The van der Waals surface area contributed by atoms with Crippen molar-refractivity contribution in [2.24, 2.45) is 0 Å². The molecule has 1 aromatic carbocycles. The molecule has 0 aliphatic rings. The first-order valence-corrected chi connectivity index (χ1v) is 6.66. The maximum atomic E-state index is 11.9. The van der Waals surface area contributed by atoms with Crippen molar-refractivity contribution < 1.29 is 9.53 Å². The first-order chi connectivity index (χ1) is 7.61. The molecule has 0 fully saturated rings. The van der Waals surface area contributed by atoms with Crippen LogP contribution >= 0.6 is 27.5 Å². The second kappa shape index (κ2) is 6.26. The van der Waals surface area contributed by atoms with Crippen LogP contribution in [0.4, 0.5) is 0 Å². The van der Waals surface area contributed by atoms with Crippen molar-refractivity contribution in [1.82, 2.24) is 0 Å². The van der Waals surface area contributed by atoms with Gasteiger partial charge < -0.3 is 4.74 Å². The van der Waals surface area contributed by atoms with E-state index < -0.39 is 5.38 Å². The number of rotatable bonds is 5. The molecule has 0 bridgehead atoms. The van der Waals surface area contributed by atoms with Crippen molar-refractivity contribution in [1.29, 1.82) is 0 Å². The molecule has 0 aromatic heterocycles. The predicted octanol–water partition coefficient (Wildman–Crippen LogP) is 3.79. The molecule has 0 N–H and O–H groups in total. The van der Waals surface area contributed by atoms with Gasteiger partial charge in [-0.05, 0) is 19.9 Å². The van der Waals surface area contributed by atoms with Crippen LogP contribution in [0.1, 0.15) is 29.8 Å². The lowest BCUT2D eigenvalue weighted by atomic mass is 10.0. The number of hydrogen-bond acceptors (Lipinski definition) is 2. The summed E-state index contributed by atoms with van der Waals surface area (Å²) in [5, 5.41) is 0.116. The minimum absolute atomic E-state index is 0.104. The summed E-state index contributed by atoms with van der Waals surface area (Å²) in [6.45, 7) is 4.09. The molecule has 0 aliphatic heterocycles. The van der Waals surface area contributed by atoms with Crippen molar-refractivity contribution in [3.8, 4) is 5.75 Å². The van der Waals surface area contributed by atoms with E-state index in [4.69, 9.17) is 16.3 Å². The van der Waals surface area contributed by atoms with Crippen LogP contribution in [0.25, 0.3) is 0 Å². The highest BCUT2D eigenvalue weighted by Crippen LogP contribution is 2.28. The van der Waals surface area contributed by atoms with E-state index in [0.717, 1.165) is 5.56 Å². The Labute approximate surface area is 109 Å². The summed E-state index contributed by atoms with van der Waals surface area (Å²) in [5.74, 6) is 0.535. The van der Waals surface area contributed by atoms with Gasteiger partial charge in [-0.25, -0.2) is 0 Å². The molecule has 16 heavy (non-hydrogen) atoms. The van der Waals surface area contributed by atoms with Gasteiger partial charge >= 0.3 is 0 Å². The molecule has 0 radical (unpaired) electrons. The summed E-state index contributed by atoms with van der Waals surface area (Å²) in [6.07, 6.45) is 0. The third kappa shape index (κ3) is 2.98. The number of halogens is 2. The number of alkyl halides is 2. The summed E-state index contributed by atoms with van der Waals surface area (Å²) in [5.41, 5.74) is 1.52. The van der Waals surface area contributed by atoms with Gasteiger partial charge in [0.2, 0.25) is 0 Å². The molecule has 0 heterocycles. The fourth-order valence-electron chi connectivity index (χ4n) is 1.41. The molecule has 1 rings (SSSR count). The third-order valence-corrected chi connectivity index (χ3v) is 2.96. The van der Waals surface area contributed by atoms with Gasteiger partial charge in [-0.1, -0.05) is 28.1 Å². The lowest BCUT2D eigenvalue weighted by Crippen LogP contribution is -2.13. The zero-order valence-corrected chi connectivity index (χ0v) is 11.6. The van der Waals surface area contributed by atoms with Gasteiger partial charge in [-0.3, -0.25) is 4.79 Å². The van der Waals surface area contributed by atoms with Crippen LogP contribution in [0.2, 0.25) is 0 Å². The summed E-state index contributed by atoms with van der Waals surface area (Å²) in [7, 11) is 0. The van der Waals surface area contributed by atoms with Crippen molar-refractivity contribution in [2.45, 2.75) is 24.6 Å². The van der Waals surface area contributed by atoms with Gasteiger partial charge in [0.15, 0.2) is 5.78 Å². The van der Waals surface area contributed by atoms with E-state index in [2.05, 4.69) is 15.9 Å². The molecule has 88 valence electrons. The van der Waals surface area contributed by atoms with Gasteiger partial charge in [-0.2, -0.15) is 0 Å². The van der Waals surface area contributed by atoms with E-state index in [1.54, 1.807) is 13.0 Å². The number of ether oxygens (including phenoxy) is 1. The average molecular weight is 306 g/mol. The number of carbonyl (C=O) groups is 1. The zero-order chi connectivity index (χ0) is 12.1. The SMILES string of the molecule is CCOc1c(CBr)cccc1C(=O)C(C)Cl. The standard InChI is InChI=1S/C12H14BrClO2/c1-3-16-12-9(7-13)5-4-6-10(12)11(15)8(2)14/h4-6,8H,3,7H2,1-2H3. The molecule has 1 atom stereocenters. The Bertz CT molecular complexity index is 377. The van der Waals surface area contributed by atoms with E-state index in [-0.39, 0.29) is 5.78 Å². The summed E-state index contributed by atoms with van der Waals surface area (Å²) in [6, 6.07) is 5.51. The van der Waals surface area contributed by atoms with Crippen LogP contribution in [-0.4, -0.2) is 17.8 Å². The largest absolute Gasteiger partial charge is 0.493 e. The monoisotopic (exact) mass is 304 g/mol. The summed E-state index contributed by atoms with van der Waals surface area (Å²) in [4.78, 5) is 11.9. The minimum Gasteiger partial charge on any atom is -0.493 e. The second-order valence-electron chi connectivity index (χ2n) is 3.34. The molecule has 2 nitrogen and oxygen atoms in total. The molecule has 0 saturated carbocycles. The lowest BCUT2D eigenvalue weighted by Gasteiger charge is -2.13. The van der Waals surface area contributed by atoms with E-state index in [0.29, 0.717) is 23.2 Å². The Balaban J connectivity index is 3.21. The minimum atomic E-state index is -0.537. The highest BCUT2D eigenvalue weighted by molar-refractivity contribution is 9.08. The smallest absolute Gasteiger partial charge is 0.184 e. The Morgan fingerprint density at radius 3 is 2.75 bits per heavy atom. The van der Waals surface area contributed by atoms with Gasteiger partial charge in [0.1, 0.15) is 5.75 Å². The molecule has 0 amide bonds. The maximum absolute atomic E-state index is 11.9. The van der Waals surface area contributed by atoms with Crippen molar-refractivity contribution >= 4 is 33.3 Å². The fraction of sp³-hybridized carbons (Fsp3) is 0.417. The van der Waals surface area contributed by atoms with Crippen LogP contribution in [0.3, 0.4) is 0 Å². The van der Waals surface area contributed by atoms with Crippen LogP contribution in [0.15, 0.2) is 18.2 Å². The molecule has 4 heteroatoms. The van der Waals surface area contributed by atoms with Gasteiger partial charge in [0.25, 0.3) is 0 Å². The number of carbonyl (C=O) groups excluding carboxylic acids is 1. The topological polar surface area (TPSA) is 26.3 Å². The van der Waals surface area contributed by atoms with E-state index >= 15 is 0 Å². The van der Waals surface area contributed by atoms with Crippen molar-refractivity contribution in [2.75, 3.05) is 6.61 Å². The molecule has 0 saturated heterocycles. The van der Waals surface area contributed by atoms with E-state index in [1.165, 1.54) is 0 Å². The quantitative estimate of drug-likeness (QED) is 0.611. The summed E-state index contributed by atoms with van der Waals surface area (Å²) < 4.78 is 5.52. The Hall–Kier alpha value is -0.540. The van der Waals surface area contributed by atoms with Gasteiger partial charge in [0.05, 0.1) is 17.5 Å². The van der Waals surface area contributed by atoms with Gasteiger partial charge in [-0.15, -0.1) is 11.6 Å². The molecule has 0 spiro atoms. The number of benzene rings is 1. The molecule has 1 unspecified atom stereocenters. The first kappa shape index (κ1) is 13.5. The van der Waals surface area contributed by atoms with Crippen molar-refractivity contribution in [3.63, 3.8) is 0 Å². The molecule has 1 aromatic rings. The Morgan fingerprint density at radius 1 is 1.56 bits per heavy atom. The van der Waals surface area contributed by atoms with Crippen LogP contribution in [0, 0.1) is 0 Å². The average Bonchev–Trinajstić information content (AvgIpc) is 2.28. The lowest BCUT2D eigenvalue weighted by molar-refractivity contribution is 0.0988. The zero-order valence-electron chi connectivity index (χ0n) is 9.30. The second-order valence-corrected chi connectivity index (χ2v) is 4.56. The van der Waals surface area contributed by atoms with E-state index in [1.807, 2.05) is 19.1 Å². The highest BCUT2D eigenvalue weighted by Gasteiger charge is 2.19. The maximum Gasteiger partial charge on any atom is 0.184 e. The Kier molecular flexibility index (Phi) is 5.29. The molecular formula is C12H14BrClO2. The predicted molar refractivity (Wildman–Crippen MR) is 69.9 cm³/mol. The highest BCUT2D eigenvalue weighted by atomic mass is 79.9. The third-order valence-electron chi connectivity index (χ3n) is 2.16. The first-order valence-electron chi connectivity index (χ1n) is 5.10. The fourth-order valence-corrected chi connectivity index (χ4v) is 1.97. The van der Waals surface area contributed by atoms with Crippen LogP contribution in [-0.2, 0) is 5.33 Å². The van der Waals surface area contributed by atoms with Gasteiger partial charge in [0, 0.05) is 10.9 Å². The Morgan fingerprint density at radius 2 is 2.25 bits per heavy atom.